The van der Waals surface area contributed by atoms with Crippen LogP contribution >= 0.6 is 0 Å². The lowest BCUT2D eigenvalue weighted by Crippen LogP contribution is -2.35. The highest BCUT2D eigenvalue weighted by Gasteiger charge is 2.23. The molecule has 1 aromatic heterocycles. The number of rotatable bonds is 2. The number of nitrogens with one attached hydrogen (secondary N) is 3. The number of alkyl carbamates (subject to hydrolysis) is 1. The van der Waals surface area contributed by atoms with Crippen molar-refractivity contribution in [3.63, 3.8) is 0 Å². The molecule has 0 saturated heterocycles. The number of carbonyl (C=O) groups is 3. The van der Waals surface area contributed by atoms with Gasteiger partial charge in [-0.1, -0.05) is 18.2 Å². The second kappa shape index (κ2) is 10.4. The summed E-state index contributed by atoms with van der Waals surface area (Å²) in [6.45, 7) is 7.26. The average Bonchev–Trinajstić information content (AvgIpc) is 2.76. The first kappa shape index (κ1) is 24.8. The molecule has 2 aromatic rings. The van der Waals surface area contributed by atoms with E-state index in [1.165, 1.54) is 7.11 Å². The Kier molecular flexibility index (Phi) is 7.55. The predicted molar refractivity (Wildman–Crippen MR) is 128 cm³/mol. The molecule has 0 fully saturated rings. The van der Waals surface area contributed by atoms with E-state index < -0.39 is 23.8 Å². The van der Waals surface area contributed by atoms with Crippen LogP contribution in [-0.2, 0) is 9.47 Å². The fourth-order valence-corrected chi connectivity index (χ4v) is 3.49. The Bertz CT molecular complexity index is 1110. The molecule has 3 amide bonds. The molecule has 1 aromatic carbocycles. The quantitative estimate of drug-likeness (QED) is 0.558. The molecule has 9 heteroatoms. The van der Waals surface area contributed by atoms with Crippen LogP contribution in [0.1, 0.15) is 56.2 Å². The van der Waals surface area contributed by atoms with E-state index in [2.05, 4.69) is 25.7 Å². The summed E-state index contributed by atoms with van der Waals surface area (Å²) in [5, 5.41) is 8.43. The summed E-state index contributed by atoms with van der Waals surface area (Å²) >= 11 is 0. The van der Waals surface area contributed by atoms with Gasteiger partial charge in [-0.05, 0) is 69.5 Å². The molecular weight excluding hydrogens is 436 g/mol. The number of amides is 3. The van der Waals surface area contributed by atoms with E-state index in [0.29, 0.717) is 28.9 Å². The number of hydrogen-bond acceptors (Lipinski definition) is 6. The zero-order chi connectivity index (χ0) is 24.9. The van der Waals surface area contributed by atoms with Gasteiger partial charge in [-0.15, -0.1) is 0 Å². The third-order valence-electron chi connectivity index (χ3n) is 4.99. The minimum Gasteiger partial charge on any atom is -0.453 e. The van der Waals surface area contributed by atoms with Crippen LogP contribution in [0.4, 0.5) is 15.3 Å². The van der Waals surface area contributed by atoms with E-state index in [-0.39, 0.29) is 11.9 Å². The Morgan fingerprint density at radius 3 is 2.59 bits per heavy atom. The molecule has 0 radical (unpaired) electrons. The SMILES string of the molecule is COC(=O)Nc1ccc2c(c1)C(=O)NC(C)C=CC[C@H](NC(=O)OC(C)(C)C)c1cc-2ccn1. The van der Waals surface area contributed by atoms with Gasteiger partial charge >= 0.3 is 12.2 Å². The topological polar surface area (TPSA) is 119 Å². The monoisotopic (exact) mass is 466 g/mol. The lowest BCUT2D eigenvalue weighted by molar-refractivity contribution is 0.0502. The normalized spacial score (nSPS) is 17.9. The molecule has 34 heavy (non-hydrogen) atoms. The Morgan fingerprint density at radius 2 is 1.88 bits per heavy atom. The van der Waals surface area contributed by atoms with Gasteiger partial charge in [0.15, 0.2) is 0 Å². The standard InChI is InChI=1S/C25H30N4O5/c1-15-7-6-8-20(29-24(32)34-25(2,3)4)21-13-16(11-12-26-21)18-10-9-17(28-23(31)33-5)14-19(18)22(30)27-15/h6-7,9-15,20H,8H2,1-5H3,(H,27,30)(H,28,31)(H,29,32)/t15?,20-/m0/s1. The number of methoxy groups -OCH3 is 1. The van der Waals surface area contributed by atoms with Gasteiger partial charge in [-0.2, -0.15) is 0 Å². The molecule has 0 saturated carbocycles. The van der Waals surface area contributed by atoms with Crippen molar-refractivity contribution in [2.24, 2.45) is 0 Å². The maximum absolute atomic E-state index is 13.1. The van der Waals surface area contributed by atoms with Crippen LogP contribution in [0.2, 0.25) is 0 Å². The summed E-state index contributed by atoms with van der Waals surface area (Å²) in [5.41, 5.74) is 2.20. The lowest BCUT2D eigenvalue weighted by atomic mass is 9.96. The summed E-state index contributed by atoms with van der Waals surface area (Å²) in [6.07, 6.45) is 4.67. The van der Waals surface area contributed by atoms with Gasteiger partial charge in [-0.25, -0.2) is 9.59 Å². The highest BCUT2D eigenvalue weighted by molar-refractivity contribution is 6.02. The van der Waals surface area contributed by atoms with Crippen LogP contribution in [0.3, 0.4) is 0 Å². The van der Waals surface area contributed by atoms with E-state index in [0.717, 1.165) is 5.56 Å². The van der Waals surface area contributed by atoms with Crippen molar-refractivity contribution in [2.45, 2.75) is 51.8 Å². The van der Waals surface area contributed by atoms with Crippen LogP contribution in [-0.4, -0.2) is 41.8 Å². The number of hydrogen-bond donors (Lipinski definition) is 3. The molecule has 3 N–H and O–H groups in total. The number of ether oxygens (including phenoxy) is 2. The van der Waals surface area contributed by atoms with Crippen molar-refractivity contribution in [3.05, 3.63) is 59.9 Å². The third-order valence-corrected chi connectivity index (χ3v) is 4.99. The minimum absolute atomic E-state index is 0.273. The largest absolute Gasteiger partial charge is 0.453 e. The van der Waals surface area contributed by atoms with Gasteiger partial charge < -0.3 is 20.1 Å². The smallest absolute Gasteiger partial charge is 0.411 e. The van der Waals surface area contributed by atoms with E-state index in [1.54, 1.807) is 51.2 Å². The molecule has 9 nitrogen and oxygen atoms in total. The second-order valence-electron chi connectivity index (χ2n) is 8.97. The molecule has 2 heterocycles. The molecule has 3 rings (SSSR count). The van der Waals surface area contributed by atoms with Gasteiger partial charge in [-0.3, -0.25) is 15.1 Å². The summed E-state index contributed by atoms with van der Waals surface area (Å²) in [4.78, 5) is 41.7. The highest BCUT2D eigenvalue weighted by Crippen LogP contribution is 2.29. The molecular formula is C25H30N4O5. The zero-order valence-electron chi connectivity index (χ0n) is 20.0. The number of pyridine rings is 1. The van der Waals surface area contributed by atoms with E-state index >= 15 is 0 Å². The Hall–Kier alpha value is -3.88. The predicted octanol–water partition coefficient (Wildman–Crippen LogP) is 4.57. The number of carbonyl (C=O) groups excluding carboxylic acids is 3. The number of fused-ring (bicyclic) bond motifs is 4. The molecule has 0 spiro atoms. The third kappa shape index (κ3) is 6.57. The van der Waals surface area contributed by atoms with Crippen molar-refractivity contribution < 1.29 is 23.9 Å². The summed E-state index contributed by atoms with van der Waals surface area (Å²) < 4.78 is 10.1. The van der Waals surface area contributed by atoms with Crippen molar-refractivity contribution in [2.75, 3.05) is 12.4 Å². The van der Waals surface area contributed by atoms with E-state index in [1.807, 2.05) is 25.1 Å². The minimum atomic E-state index is -0.632. The molecule has 180 valence electrons. The van der Waals surface area contributed by atoms with E-state index in [4.69, 9.17) is 4.74 Å². The van der Waals surface area contributed by atoms with Crippen LogP contribution < -0.4 is 16.0 Å². The zero-order valence-corrected chi connectivity index (χ0v) is 20.0. The first-order valence-electron chi connectivity index (χ1n) is 11.0. The Balaban J connectivity index is 2.04. The summed E-state index contributed by atoms with van der Waals surface area (Å²) in [7, 11) is 1.27. The number of aromatic nitrogens is 1. The summed E-state index contributed by atoms with van der Waals surface area (Å²) in [6, 6.07) is 7.96. The Morgan fingerprint density at radius 1 is 1.12 bits per heavy atom. The molecule has 2 atom stereocenters. The number of benzene rings is 1. The molecule has 1 aliphatic heterocycles. The lowest BCUT2D eigenvalue weighted by Gasteiger charge is -2.24. The number of nitrogens with zero attached hydrogens (tertiary/aromatic N) is 1. The van der Waals surface area contributed by atoms with Gasteiger partial charge in [0.05, 0.1) is 18.8 Å². The van der Waals surface area contributed by atoms with Gasteiger partial charge in [0.1, 0.15) is 5.60 Å². The van der Waals surface area contributed by atoms with Crippen LogP contribution in [0.25, 0.3) is 11.1 Å². The fraction of sp³-hybridized carbons (Fsp3) is 0.360. The molecule has 1 unspecified atom stereocenters. The second-order valence-corrected chi connectivity index (χ2v) is 8.97. The fourth-order valence-electron chi connectivity index (χ4n) is 3.49. The van der Waals surface area contributed by atoms with Crippen LogP contribution in [0.5, 0.6) is 0 Å². The molecule has 2 bridgehead atoms. The first-order chi connectivity index (χ1) is 16.1. The molecule has 0 aliphatic carbocycles. The van der Waals surface area contributed by atoms with Crippen LogP contribution in [0.15, 0.2) is 48.7 Å². The van der Waals surface area contributed by atoms with Crippen molar-refractivity contribution in [3.8, 4) is 11.1 Å². The maximum Gasteiger partial charge on any atom is 0.411 e. The molecule has 1 aliphatic rings. The number of anilines is 1. The first-order valence-corrected chi connectivity index (χ1v) is 11.0. The average molecular weight is 467 g/mol. The van der Waals surface area contributed by atoms with Crippen molar-refractivity contribution >= 4 is 23.8 Å². The maximum atomic E-state index is 13.1. The highest BCUT2D eigenvalue weighted by atomic mass is 16.6. The van der Waals surface area contributed by atoms with Gasteiger partial charge in [0.2, 0.25) is 0 Å². The van der Waals surface area contributed by atoms with Crippen molar-refractivity contribution in [1.29, 1.82) is 0 Å². The Labute approximate surface area is 198 Å². The van der Waals surface area contributed by atoms with Gasteiger partial charge in [0, 0.05) is 23.5 Å². The van der Waals surface area contributed by atoms with Gasteiger partial charge in [0.25, 0.3) is 5.91 Å². The van der Waals surface area contributed by atoms with Crippen molar-refractivity contribution in [1.82, 2.24) is 15.6 Å². The van der Waals surface area contributed by atoms with E-state index in [9.17, 15) is 14.4 Å². The van der Waals surface area contributed by atoms with Crippen LogP contribution in [0, 0.1) is 0 Å². The summed E-state index contributed by atoms with van der Waals surface area (Å²) in [5.74, 6) is -0.289.